The Labute approximate surface area is 101 Å². The Hall–Kier alpha value is -1.91. The van der Waals surface area contributed by atoms with Gasteiger partial charge in [0, 0.05) is 24.2 Å². The lowest BCUT2D eigenvalue weighted by atomic mass is 9.96. The maximum atomic E-state index is 5.72. The van der Waals surface area contributed by atoms with Gasteiger partial charge in [0.15, 0.2) is 0 Å². The molecule has 0 saturated heterocycles. The molecule has 0 unspecified atom stereocenters. The first kappa shape index (κ1) is 11.6. The molecule has 1 heterocycles. The maximum absolute atomic E-state index is 5.72. The first-order valence-electron chi connectivity index (χ1n) is 5.80. The van der Waals surface area contributed by atoms with Crippen molar-refractivity contribution in [3.8, 4) is 0 Å². The van der Waals surface area contributed by atoms with E-state index in [1.165, 1.54) is 6.42 Å². The molecule has 1 saturated carbocycles. The van der Waals surface area contributed by atoms with Gasteiger partial charge in [0.2, 0.25) is 5.88 Å². The molecule has 0 aromatic heterocycles. The van der Waals surface area contributed by atoms with Gasteiger partial charge in [-0.25, -0.2) is 0 Å². The lowest BCUT2D eigenvalue weighted by Crippen LogP contribution is -2.34. The van der Waals surface area contributed by atoms with E-state index in [4.69, 9.17) is 10.5 Å². The second kappa shape index (κ2) is 5.43. The molecule has 1 fully saturated rings. The largest absolute Gasteiger partial charge is 0.475 e. The SMILES string of the molecule is CC(N)=CC=NC1=CNNC(OC2CCC2)=C1. The molecule has 1 aliphatic carbocycles. The van der Waals surface area contributed by atoms with Crippen molar-refractivity contribution in [3.05, 3.63) is 35.6 Å². The fourth-order valence-corrected chi connectivity index (χ4v) is 1.44. The van der Waals surface area contributed by atoms with Crippen LogP contribution in [0.15, 0.2) is 40.6 Å². The van der Waals surface area contributed by atoms with Crippen molar-refractivity contribution in [2.75, 3.05) is 0 Å². The molecule has 2 rings (SSSR count). The molecule has 0 spiro atoms. The average molecular weight is 234 g/mol. The summed E-state index contributed by atoms with van der Waals surface area (Å²) in [5, 5.41) is 0. The summed E-state index contributed by atoms with van der Waals surface area (Å²) in [7, 11) is 0. The summed E-state index contributed by atoms with van der Waals surface area (Å²) in [6.45, 7) is 1.82. The predicted molar refractivity (Wildman–Crippen MR) is 67.6 cm³/mol. The number of allylic oxidation sites excluding steroid dienone is 3. The van der Waals surface area contributed by atoms with Crippen LogP contribution >= 0.6 is 0 Å². The van der Waals surface area contributed by atoms with Gasteiger partial charge in [-0.15, -0.1) is 0 Å². The van der Waals surface area contributed by atoms with Crippen molar-refractivity contribution in [3.63, 3.8) is 0 Å². The van der Waals surface area contributed by atoms with Crippen LogP contribution in [-0.4, -0.2) is 12.3 Å². The Bertz CT molecular complexity index is 387. The molecule has 0 bridgehead atoms. The van der Waals surface area contributed by atoms with Crippen molar-refractivity contribution in [1.29, 1.82) is 0 Å². The Kier molecular flexibility index (Phi) is 3.69. The molecule has 2 aliphatic rings. The third-order valence-corrected chi connectivity index (χ3v) is 2.60. The van der Waals surface area contributed by atoms with Crippen LogP contribution in [0.2, 0.25) is 0 Å². The number of hydrazine groups is 1. The zero-order valence-corrected chi connectivity index (χ0v) is 9.94. The second-order valence-electron chi connectivity index (χ2n) is 4.21. The predicted octanol–water partition coefficient (Wildman–Crippen LogP) is 1.28. The van der Waals surface area contributed by atoms with Gasteiger partial charge in [-0.2, -0.15) is 0 Å². The second-order valence-corrected chi connectivity index (χ2v) is 4.21. The van der Waals surface area contributed by atoms with Crippen LogP contribution in [0.4, 0.5) is 0 Å². The van der Waals surface area contributed by atoms with Gasteiger partial charge in [-0.05, 0) is 32.3 Å². The van der Waals surface area contributed by atoms with Crippen LogP contribution in [-0.2, 0) is 4.74 Å². The van der Waals surface area contributed by atoms with Crippen molar-refractivity contribution in [2.45, 2.75) is 32.3 Å². The van der Waals surface area contributed by atoms with Crippen LogP contribution in [0.25, 0.3) is 0 Å². The van der Waals surface area contributed by atoms with Gasteiger partial charge in [0.05, 0.1) is 5.70 Å². The molecule has 0 aromatic rings. The highest BCUT2D eigenvalue weighted by Gasteiger charge is 2.20. The molecule has 0 radical (unpaired) electrons. The van der Waals surface area contributed by atoms with E-state index in [1.54, 1.807) is 18.5 Å². The quantitative estimate of drug-likeness (QED) is 0.641. The van der Waals surface area contributed by atoms with Crippen LogP contribution in [0.1, 0.15) is 26.2 Å². The number of ether oxygens (including phenoxy) is 1. The summed E-state index contributed by atoms with van der Waals surface area (Å²) in [6, 6.07) is 0. The molecule has 5 nitrogen and oxygen atoms in total. The van der Waals surface area contributed by atoms with E-state index in [1.807, 2.05) is 13.0 Å². The van der Waals surface area contributed by atoms with E-state index < -0.39 is 0 Å². The number of hydrogen-bond donors (Lipinski definition) is 3. The Morgan fingerprint density at radius 2 is 2.41 bits per heavy atom. The standard InChI is InChI=1S/C12H18N4O/c1-9(13)5-6-14-10-7-12(16-15-8-10)17-11-3-2-4-11/h5-8,11,15-16H,2-4,13H2,1H3. The van der Waals surface area contributed by atoms with E-state index in [9.17, 15) is 0 Å². The molecule has 0 atom stereocenters. The third-order valence-electron chi connectivity index (χ3n) is 2.60. The smallest absolute Gasteiger partial charge is 0.208 e. The van der Waals surface area contributed by atoms with Crippen molar-refractivity contribution >= 4 is 6.21 Å². The van der Waals surface area contributed by atoms with E-state index >= 15 is 0 Å². The summed E-state index contributed by atoms with van der Waals surface area (Å²) in [5.74, 6) is 0.720. The highest BCUT2D eigenvalue weighted by Crippen LogP contribution is 2.24. The molecule has 17 heavy (non-hydrogen) atoms. The fraction of sp³-hybridized carbons (Fsp3) is 0.417. The van der Waals surface area contributed by atoms with E-state index in [-0.39, 0.29) is 0 Å². The zero-order chi connectivity index (χ0) is 12.1. The summed E-state index contributed by atoms with van der Waals surface area (Å²) in [5.41, 5.74) is 12.9. The zero-order valence-electron chi connectivity index (χ0n) is 9.94. The van der Waals surface area contributed by atoms with E-state index in [2.05, 4.69) is 15.8 Å². The van der Waals surface area contributed by atoms with E-state index in [0.717, 1.165) is 30.1 Å². The number of hydrogen-bond acceptors (Lipinski definition) is 5. The number of nitrogens with one attached hydrogen (secondary N) is 2. The van der Waals surface area contributed by atoms with Gasteiger partial charge in [-0.3, -0.25) is 10.4 Å². The Morgan fingerprint density at radius 1 is 1.59 bits per heavy atom. The van der Waals surface area contributed by atoms with Crippen molar-refractivity contribution in [2.24, 2.45) is 10.7 Å². The molecule has 0 amide bonds. The van der Waals surface area contributed by atoms with Crippen LogP contribution in [0.3, 0.4) is 0 Å². The first-order chi connectivity index (χ1) is 8.24. The van der Waals surface area contributed by atoms with Crippen molar-refractivity contribution in [1.82, 2.24) is 10.9 Å². The molecular weight excluding hydrogens is 216 g/mol. The molecule has 92 valence electrons. The van der Waals surface area contributed by atoms with Gasteiger partial charge in [0.25, 0.3) is 0 Å². The first-order valence-corrected chi connectivity index (χ1v) is 5.80. The van der Waals surface area contributed by atoms with Gasteiger partial charge >= 0.3 is 0 Å². The van der Waals surface area contributed by atoms with Crippen molar-refractivity contribution < 1.29 is 4.74 Å². The number of aliphatic imine (C=N–C) groups is 1. The van der Waals surface area contributed by atoms with Crippen LogP contribution < -0.4 is 16.6 Å². The maximum Gasteiger partial charge on any atom is 0.208 e. The Morgan fingerprint density at radius 3 is 3.06 bits per heavy atom. The minimum Gasteiger partial charge on any atom is -0.475 e. The fourth-order valence-electron chi connectivity index (χ4n) is 1.44. The molecular formula is C12H18N4O. The van der Waals surface area contributed by atoms with E-state index in [0.29, 0.717) is 6.10 Å². The number of rotatable bonds is 4. The third kappa shape index (κ3) is 3.55. The lowest BCUT2D eigenvalue weighted by Gasteiger charge is -2.28. The lowest BCUT2D eigenvalue weighted by molar-refractivity contribution is 0.0387. The molecule has 5 heteroatoms. The van der Waals surface area contributed by atoms with Gasteiger partial charge in [-0.1, -0.05) is 0 Å². The molecule has 4 N–H and O–H groups in total. The molecule has 0 aromatic carbocycles. The topological polar surface area (TPSA) is 71.7 Å². The summed E-state index contributed by atoms with van der Waals surface area (Å²) in [4.78, 5) is 4.25. The average Bonchev–Trinajstić information content (AvgIpc) is 2.24. The van der Waals surface area contributed by atoms with Crippen LogP contribution in [0, 0.1) is 0 Å². The van der Waals surface area contributed by atoms with Gasteiger partial charge in [0.1, 0.15) is 6.10 Å². The summed E-state index contributed by atoms with van der Waals surface area (Å²) < 4.78 is 5.72. The van der Waals surface area contributed by atoms with Gasteiger partial charge < -0.3 is 15.9 Å². The summed E-state index contributed by atoms with van der Waals surface area (Å²) >= 11 is 0. The van der Waals surface area contributed by atoms with Crippen LogP contribution in [0.5, 0.6) is 0 Å². The number of nitrogens with two attached hydrogens (primary N) is 1. The Balaban J connectivity index is 1.91. The minimum absolute atomic E-state index is 0.352. The highest BCUT2D eigenvalue weighted by molar-refractivity contribution is 5.73. The highest BCUT2D eigenvalue weighted by atomic mass is 16.5. The summed E-state index contributed by atoms with van der Waals surface area (Å²) in [6.07, 6.45) is 10.9. The normalized spacial score (nSPS) is 21.1. The number of nitrogens with zero attached hydrogens (tertiary/aromatic N) is 1. The minimum atomic E-state index is 0.352. The monoisotopic (exact) mass is 234 g/mol. The molecule has 1 aliphatic heterocycles.